The molecule has 0 bridgehead atoms. The molecule has 3 aromatic rings. The van der Waals surface area contributed by atoms with Gasteiger partial charge in [-0.25, -0.2) is 9.97 Å². The molecule has 0 spiro atoms. The number of rotatable bonds is 3. The fourth-order valence-electron chi connectivity index (χ4n) is 4.28. The molecule has 1 atom stereocenters. The first-order valence-electron chi connectivity index (χ1n) is 9.33. The molecule has 3 aromatic heterocycles. The van der Waals surface area contributed by atoms with Crippen molar-refractivity contribution in [2.75, 3.05) is 4.90 Å². The van der Waals surface area contributed by atoms with E-state index in [4.69, 9.17) is 4.98 Å². The van der Waals surface area contributed by atoms with Crippen LogP contribution in [0.25, 0.3) is 17.1 Å². The van der Waals surface area contributed by atoms with Crippen LogP contribution in [-0.4, -0.2) is 35.8 Å². The zero-order valence-electron chi connectivity index (χ0n) is 14.8. The Hall–Kier alpha value is -2.83. The molecule has 1 unspecified atom stereocenters. The van der Waals surface area contributed by atoms with Crippen LogP contribution < -0.4 is 4.90 Å². The van der Waals surface area contributed by atoms with Gasteiger partial charge in [0.05, 0.1) is 12.2 Å². The zero-order valence-corrected chi connectivity index (χ0v) is 14.8. The second kappa shape index (κ2) is 6.16. The third-order valence-corrected chi connectivity index (χ3v) is 5.51. The molecule has 5 rings (SSSR count). The molecule has 4 heterocycles. The summed E-state index contributed by atoms with van der Waals surface area (Å²) in [6.07, 6.45) is 13.2. The van der Waals surface area contributed by atoms with Crippen LogP contribution in [0, 0.1) is 0 Å². The first kappa shape index (κ1) is 15.4. The highest BCUT2D eigenvalue weighted by Gasteiger charge is 2.38. The van der Waals surface area contributed by atoms with Gasteiger partial charge in [-0.2, -0.15) is 0 Å². The summed E-state index contributed by atoms with van der Waals surface area (Å²) in [5.74, 6) is 2.73. The third kappa shape index (κ3) is 2.30. The van der Waals surface area contributed by atoms with E-state index in [2.05, 4.69) is 32.0 Å². The summed E-state index contributed by atoms with van der Waals surface area (Å²) in [5, 5.41) is 8.58. The van der Waals surface area contributed by atoms with Gasteiger partial charge < -0.3 is 4.90 Å². The lowest BCUT2D eigenvalue weighted by atomic mass is 10.0. The van der Waals surface area contributed by atoms with E-state index >= 15 is 0 Å². The van der Waals surface area contributed by atoms with Crippen LogP contribution in [0.4, 0.5) is 5.82 Å². The van der Waals surface area contributed by atoms with Crippen molar-refractivity contribution >= 4 is 5.82 Å². The lowest BCUT2D eigenvalue weighted by Crippen LogP contribution is -2.42. The second-order valence-electron chi connectivity index (χ2n) is 6.97. The zero-order chi connectivity index (χ0) is 17.5. The number of hydrogen-bond donors (Lipinski definition) is 0. The summed E-state index contributed by atoms with van der Waals surface area (Å²) in [6, 6.07) is 4.61. The fraction of sp³-hybridized carbons (Fsp3) is 0.421. The van der Waals surface area contributed by atoms with E-state index in [-0.39, 0.29) is 6.04 Å². The lowest BCUT2D eigenvalue weighted by molar-refractivity contribution is 0.469. The molecule has 0 saturated heterocycles. The Morgan fingerprint density at radius 3 is 2.73 bits per heavy atom. The number of nitrogens with zero attached hydrogens (tertiary/aromatic N) is 7. The summed E-state index contributed by atoms with van der Waals surface area (Å²) in [4.78, 5) is 16.2. The maximum absolute atomic E-state index is 5.00. The van der Waals surface area contributed by atoms with E-state index in [1.807, 2.05) is 22.9 Å². The average Bonchev–Trinajstić information content (AvgIpc) is 3.39. The van der Waals surface area contributed by atoms with Crippen LogP contribution >= 0.6 is 0 Å². The van der Waals surface area contributed by atoms with Gasteiger partial charge in [0.2, 0.25) is 0 Å². The lowest BCUT2D eigenvalue weighted by Gasteiger charge is -2.40. The minimum absolute atomic E-state index is 0.202. The van der Waals surface area contributed by atoms with Gasteiger partial charge >= 0.3 is 0 Å². The van der Waals surface area contributed by atoms with Crippen molar-refractivity contribution in [1.82, 2.24) is 29.7 Å². The number of pyridine rings is 1. The summed E-state index contributed by atoms with van der Waals surface area (Å²) < 4.78 is 2.05. The Bertz CT molecular complexity index is 915. The van der Waals surface area contributed by atoms with Crippen LogP contribution in [0.5, 0.6) is 0 Å². The molecule has 1 aliphatic carbocycles. The molecule has 0 aromatic carbocycles. The molecule has 1 aliphatic heterocycles. The van der Waals surface area contributed by atoms with Crippen molar-refractivity contribution in [3.05, 3.63) is 42.9 Å². The molecule has 2 aliphatic rings. The topological polar surface area (TPSA) is 72.6 Å². The van der Waals surface area contributed by atoms with Gasteiger partial charge in [0.25, 0.3) is 0 Å². The van der Waals surface area contributed by atoms with Gasteiger partial charge in [-0.05, 0) is 31.4 Å². The van der Waals surface area contributed by atoms with E-state index < -0.39 is 0 Å². The third-order valence-electron chi connectivity index (χ3n) is 5.51. The van der Waals surface area contributed by atoms with Crippen LogP contribution in [0.2, 0.25) is 0 Å². The number of hydrogen-bond acceptors (Lipinski definition) is 6. The van der Waals surface area contributed by atoms with Gasteiger partial charge in [-0.15, -0.1) is 10.2 Å². The largest absolute Gasteiger partial charge is 0.342 e. The highest BCUT2D eigenvalue weighted by Crippen LogP contribution is 2.42. The van der Waals surface area contributed by atoms with Gasteiger partial charge in [0.1, 0.15) is 12.0 Å². The van der Waals surface area contributed by atoms with Gasteiger partial charge in [-0.1, -0.05) is 19.8 Å². The predicted molar refractivity (Wildman–Crippen MR) is 97.9 cm³/mol. The van der Waals surface area contributed by atoms with E-state index in [1.54, 1.807) is 18.7 Å². The molecule has 1 saturated carbocycles. The van der Waals surface area contributed by atoms with Gasteiger partial charge in [0, 0.05) is 24.0 Å². The summed E-state index contributed by atoms with van der Waals surface area (Å²) in [7, 11) is 0. The van der Waals surface area contributed by atoms with Crippen LogP contribution in [0.1, 0.15) is 50.9 Å². The van der Waals surface area contributed by atoms with Crippen LogP contribution in [0.15, 0.2) is 37.1 Å². The molecule has 26 heavy (non-hydrogen) atoms. The molecule has 0 radical (unpaired) electrons. The smallest absolute Gasteiger partial charge is 0.161 e. The first-order valence-corrected chi connectivity index (χ1v) is 9.33. The quantitative estimate of drug-likeness (QED) is 0.723. The predicted octanol–water partition coefficient (Wildman–Crippen LogP) is 3.33. The summed E-state index contributed by atoms with van der Waals surface area (Å²) in [5.41, 5.74) is 1.95. The van der Waals surface area contributed by atoms with Crippen molar-refractivity contribution < 1.29 is 0 Å². The van der Waals surface area contributed by atoms with Crippen molar-refractivity contribution in [3.8, 4) is 17.1 Å². The Morgan fingerprint density at radius 2 is 1.96 bits per heavy atom. The van der Waals surface area contributed by atoms with Crippen molar-refractivity contribution in [2.45, 2.75) is 51.1 Å². The summed E-state index contributed by atoms with van der Waals surface area (Å²) >= 11 is 0. The molecule has 132 valence electrons. The highest BCUT2D eigenvalue weighted by molar-refractivity contribution is 5.66. The molecule has 7 heteroatoms. The Morgan fingerprint density at radius 1 is 1.15 bits per heavy atom. The van der Waals surface area contributed by atoms with Crippen molar-refractivity contribution in [2.24, 2.45) is 0 Å². The maximum Gasteiger partial charge on any atom is 0.161 e. The Kier molecular flexibility index (Phi) is 3.65. The van der Waals surface area contributed by atoms with E-state index in [0.717, 1.165) is 35.1 Å². The molecule has 7 nitrogen and oxygen atoms in total. The number of anilines is 1. The van der Waals surface area contributed by atoms with Crippen molar-refractivity contribution in [3.63, 3.8) is 0 Å². The Labute approximate surface area is 152 Å². The minimum Gasteiger partial charge on any atom is -0.342 e. The molecule has 0 N–H and O–H groups in total. The number of fused-ring (bicyclic) bond motifs is 3. The molecular weight excluding hydrogens is 326 g/mol. The molecule has 1 fully saturated rings. The molecular formula is C19H21N7. The highest BCUT2D eigenvalue weighted by atomic mass is 15.4. The second-order valence-corrected chi connectivity index (χ2v) is 6.97. The van der Waals surface area contributed by atoms with E-state index in [1.165, 1.54) is 25.7 Å². The van der Waals surface area contributed by atoms with Gasteiger partial charge in [-0.3, -0.25) is 9.55 Å². The standard InChI is InChI=1S/C19H21N7/c1-2-15-19-24-22-12-25(19)16-11-21-17(13-7-9-20-10-8-13)23-18(16)26(15)14-5-3-4-6-14/h7-12,14-15H,2-6H2,1H3. The maximum atomic E-state index is 5.00. The number of aromatic nitrogens is 6. The average molecular weight is 347 g/mol. The van der Waals surface area contributed by atoms with Crippen LogP contribution in [0.3, 0.4) is 0 Å². The van der Waals surface area contributed by atoms with E-state index in [0.29, 0.717) is 6.04 Å². The minimum atomic E-state index is 0.202. The van der Waals surface area contributed by atoms with Crippen molar-refractivity contribution in [1.29, 1.82) is 0 Å². The molecule has 0 amide bonds. The van der Waals surface area contributed by atoms with Crippen LogP contribution in [-0.2, 0) is 0 Å². The first-order chi connectivity index (χ1) is 12.9. The van der Waals surface area contributed by atoms with Gasteiger partial charge in [0.15, 0.2) is 17.5 Å². The Balaban J connectivity index is 1.69. The SMILES string of the molecule is CCC1c2nncn2-c2cnc(-c3ccncc3)nc2N1C1CCCC1. The monoisotopic (exact) mass is 347 g/mol. The summed E-state index contributed by atoms with van der Waals surface area (Å²) in [6.45, 7) is 2.21. The normalized spacial score (nSPS) is 19.4. The van der Waals surface area contributed by atoms with E-state index in [9.17, 15) is 0 Å². The fourth-order valence-corrected chi connectivity index (χ4v) is 4.28.